The van der Waals surface area contributed by atoms with Gasteiger partial charge in [0, 0.05) is 42.1 Å². The lowest BCUT2D eigenvalue weighted by Gasteiger charge is -2.28. The molecule has 2 N–H and O–H groups in total. The van der Waals surface area contributed by atoms with Gasteiger partial charge in [-0.15, -0.1) is 0 Å². The average molecular weight is 522 g/mol. The molecule has 1 aliphatic rings. The fourth-order valence-electron chi connectivity index (χ4n) is 5.15. The topological polar surface area (TPSA) is 75.3 Å². The van der Waals surface area contributed by atoms with Gasteiger partial charge >= 0.3 is 0 Å². The van der Waals surface area contributed by atoms with Crippen LogP contribution in [0.3, 0.4) is 0 Å². The van der Waals surface area contributed by atoms with Crippen molar-refractivity contribution in [2.75, 3.05) is 11.9 Å². The Kier molecular flexibility index (Phi) is 6.62. The van der Waals surface area contributed by atoms with Crippen LogP contribution >= 0.6 is 12.2 Å². The number of thiocarbonyl (C=S) groups is 1. The first-order chi connectivity index (χ1) is 18.7. The lowest BCUT2D eigenvalue weighted by Crippen LogP contribution is -2.33. The third kappa shape index (κ3) is 4.78. The van der Waals surface area contributed by atoms with Gasteiger partial charge in [0.2, 0.25) is 5.91 Å². The summed E-state index contributed by atoms with van der Waals surface area (Å²) in [6, 6.07) is 27.5. The summed E-state index contributed by atoms with van der Waals surface area (Å²) in [5, 5.41) is 9.28. The van der Waals surface area contributed by atoms with Crippen LogP contribution in [-0.2, 0) is 11.3 Å². The van der Waals surface area contributed by atoms with E-state index < -0.39 is 0 Å². The molecule has 3 aromatic heterocycles. The second kappa shape index (κ2) is 10.5. The Balaban J connectivity index is 1.25. The molecule has 1 fully saturated rings. The number of amides is 1. The second-order valence-corrected chi connectivity index (χ2v) is 9.67. The number of fused-ring (bicyclic) bond motifs is 1. The molecule has 0 spiro atoms. The molecular weight excluding hydrogens is 494 g/mol. The first-order valence-corrected chi connectivity index (χ1v) is 13.0. The molecule has 5 aromatic rings. The van der Waals surface area contributed by atoms with Crippen LogP contribution in [0.4, 0.5) is 5.69 Å². The molecule has 0 radical (unpaired) electrons. The van der Waals surface area contributed by atoms with E-state index >= 15 is 0 Å². The highest BCUT2D eigenvalue weighted by Gasteiger charge is 2.41. The van der Waals surface area contributed by atoms with E-state index in [9.17, 15) is 4.79 Å². The number of aromatic nitrogens is 2. The van der Waals surface area contributed by atoms with Gasteiger partial charge in [-0.05, 0) is 60.1 Å². The largest absolute Gasteiger partial charge is 0.467 e. The van der Waals surface area contributed by atoms with E-state index in [0.29, 0.717) is 18.2 Å². The van der Waals surface area contributed by atoms with Crippen molar-refractivity contribution < 1.29 is 9.21 Å². The number of pyridine rings is 1. The van der Waals surface area contributed by atoms with Crippen LogP contribution in [0.25, 0.3) is 10.8 Å². The SMILES string of the molecule is O=C(CCN1C(=S)N[C@H](c2ccccn2)[C@@H]1c1cccn1Cc1ccco1)Nc1cccc2ccccc12. The van der Waals surface area contributed by atoms with Crippen molar-refractivity contribution in [3.05, 3.63) is 121 Å². The minimum absolute atomic E-state index is 0.0600. The number of furan rings is 1. The van der Waals surface area contributed by atoms with Gasteiger partial charge in [-0.3, -0.25) is 9.78 Å². The van der Waals surface area contributed by atoms with Gasteiger partial charge in [-0.2, -0.15) is 0 Å². The van der Waals surface area contributed by atoms with Crippen molar-refractivity contribution in [3.63, 3.8) is 0 Å². The first-order valence-electron chi connectivity index (χ1n) is 12.6. The summed E-state index contributed by atoms with van der Waals surface area (Å²) in [5.74, 6) is 0.807. The maximum atomic E-state index is 13.1. The molecule has 1 amide bonds. The van der Waals surface area contributed by atoms with Gasteiger partial charge in [0.15, 0.2) is 5.11 Å². The highest BCUT2D eigenvalue weighted by Crippen LogP contribution is 2.39. The molecule has 8 heteroatoms. The number of carbonyl (C=O) groups is 1. The molecule has 38 heavy (non-hydrogen) atoms. The smallest absolute Gasteiger partial charge is 0.226 e. The molecule has 0 unspecified atom stereocenters. The molecule has 4 heterocycles. The summed E-state index contributed by atoms with van der Waals surface area (Å²) in [4.78, 5) is 19.8. The predicted molar refractivity (Wildman–Crippen MR) is 152 cm³/mol. The van der Waals surface area contributed by atoms with Gasteiger partial charge in [-0.1, -0.05) is 42.5 Å². The van der Waals surface area contributed by atoms with Crippen molar-refractivity contribution in [2.24, 2.45) is 0 Å². The molecule has 190 valence electrons. The Hall–Kier alpha value is -4.43. The number of benzene rings is 2. The van der Waals surface area contributed by atoms with Gasteiger partial charge in [0.25, 0.3) is 0 Å². The molecule has 0 saturated carbocycles. The van der Waals surface area contributed by atoms with Gasteiger partial charge in [0.1, 0.15) is 5.76 Å². The standard InChI is InChI=1S/C30H27N5O2S/c36-27(32-24-13-5-9-21-8-1-2-11-23(21)24)15-18-35-29(28(33-30(35)38)25-12-3-4-16-31-25)26-14-6-17-34(26)20-22-10-7-19-37-22/h1-14,16-17,19,28-29H,15,18,20H2,(H,32,36)(H,33,38)/t28-,29+/m1/s1. The Morgan fingerprint density at radius 1 is 1.00 bits per heavy atom. The number of nitrogens with zero attached hydrogens (tertiary/aromatic N) is 3. The number of nitrogens with one attached hydrogen (secondary N) is 2. The first kappa shape index (κ1) is 23.9. The van der Waals surface area contributed by atoms with E-state index in [0.717, 1.165) is 33.6 Å². The summed E-state index contributed by atoms with van der Waals surface area (Å²) < 4.78 is 7.77. The van der Waals surface area contributed by atoms with Crippen LogP contribution in [-0.4, -0.2) is 32.0 Å². The highest BCUT2D eigenvalue weighted by atomic mass is 32.1. The zero-order valence-corrected chi connectivity index (χ0v) is 21.5. The van der Waals surface area contributed by atoms with Gasteiger partial charge in [0.05, 0.1) is 30.6 Å². The zero-order chi connectivity index (χ0) is 25.9. The third-order valence-corrected chi connectivity index (χ3v) is 7.27. The van der Waals surface area contributed by atoms with Crippen molar-refractivity contribution in [3.8, 4) is 0 Å². The van der Waals surface area contributed by atoms with Crippen LogP contribution in [0.15, 0.2) is 108 Å². The van der Waals surface area contributed by atoms with E-state index in [-0.39, 0.29) is 24.4 Å². The lowest BCUT2D eigenvalue weighted by atomic mass is 10.0. The van der Waals surface area contributed by atoms with E-state index in [1.165, 1.54) is 0 Å². The molecular formula is C30H27N5O2S. The maximum absolute atomic E-state index is 13.1. The fraction of sp³-hybridized carbons (Fsp3) is 0.167. The Bertz CT molecular complexity index is 1560. The van der Waals surface area contributed by atoms with Crippen molar-refractivity contribution in [1.29, 1.82) is 0 Å². The molecule has 2 aromatic carbocycles. The Morgan fingerprint density at radius 3 is 2.71 bits per heavy atom. The molecule has 1 aliphatic heterocycles. The molecule has 0 bridgehead atoms. The summed E-state index contributed by atoms with van der Waals surface area (Å²) in [6.45, 7) is 1.06. The minimum atomic E-state index is -0.157. The van der Waals surface area contributed by atoms with Crippen molar-refractivity contribution in [1.82, 2.24) is 19.8 Å². The minimum Gasteiger partial charge on any atom is -0.467 e. The highest BCUT2D eigenvalue weighted by molar-refractivity contribution is 7.80. The van der Waals surface area contributed by atoms with Gasteiger partial charge in [-0.25, -0.2) is 0 Å². The number of hydrogen-bond acceptors (Lipinski definition) is 4. The van der Waals surface area contributed by atoms with Crippen molar-refractivity contribution >= 4 is 39.7 Å². The van der Waals surface area contributed by atoms with Gasteiger partial charge < -0.3 is 24.5 Å². The maximum Gasteiger partial charge on any atom is 0.226 e. The average Bonchev–Trinajstić information content (AvgIpc) is 3.69. The van der Waals surface area contributed by atoms with Crippen LogP contribution in [0, 0.1) is 0 Å². The molecule has 7 nitrogen and oxygen atoms in total. The number of rotatable bonds is 8. The normalized spacial score (nSPS) is 17.1. The second-order valence-electron chi connectivity index (χ2n) is 9.29. The molecule has 2 atom stereocenters. The van der Waals surface area contributed by atoms with Crippen LogP contribution in [0.2, 0.25) is 0 Å². The molecule has 6 rings (SSSR count). The fourth-order valence-corrected chi connectivity index (χ4v) is 5.48. The van der Waals surface area contributed by atoms with Crippen LogP contribution < -0.4 is 10.6 Å². The van der Waals surface area contributed by atoms with Crippen LogP contribution in [0.5, 0.6) is 0 Å². The van der Waals surface area contributed by atoms with E-state index in [1.54, 1.807) is 12.5 Å². The molecule has 0 aliphatic carbocycles. The number of anilines is 1. The van der Waals surface area contributed by atoms with E-state index in [4.69, 9.17) is 16.6 Å². The summed E-state index contributed by atoms with van der Waals surface area (Å²) in [7, 11) is 0. The lowest BCUT2D eigenvalue weighted by molar-refractivity contribution is -0.116. The third-order valence-electron chi connectivity index (χ3n) is 6.92. The summed E-state index contributed by atoms with van der Waals surface area (Å²) in [6.07, 6.45) is 5.80. The zero-order valence-electron chi connectivity index (χ0n) is 20.7. The summed E-state index contributed by atoms with van der Waals surface area (Å²) >= 11 is 5.80. The van der Waals surface area contributed by atoms with E-state index in [2.05, 4.69) is 31.2 Å². The Labute approximate surface area is 226 Å². The quantitative estimate of drug-likeness (QED) is 0.256. The monoisotopic (exact) mass is 521 g/mol. The van der Waals surface area contributed by atoms with E-state index in [1.807, 2.05) is 85.1 Å². The predicted octanol–water partition coefficient (Wildman–Crippen LogP) is 5.68. The Morgan fingerprint density at radius 2 is 1.87 bits per heavy atom. The van der Waals surface area contributed by atoms with Crippen LogP contribution in [0.1, 0.15) is 35.7 Å². The summed E-state index contributed by atoms with van der Waals surface area (Å²) in [5.41, 5.74) is 2.78. The number of hydrogen-bond donors (Lipinski definition) is 2. The van der Waals surface area contributed by atoms with Crippen molar-refractivity contribution in [2.45, 2.75) is 25.0 Å². The number of carbonyl (C=O) groups excluding carboxylic acids is 1. The molecule has 1 saturated heterocycles.